The number of hydrogen-bond acceptors (Lipinski definition) is 7. The van der Waals surface area contributed by atoms with Crippen LogP contribution in [0.1, 0.15) is 24.1 Å². The van der Waals surface area contributed by atoms with Gasteiger partial charge in [-0.1, -0.05) is 0 Å². The van der Waals surface area contributed by atoms with Crippen LogP contribution in [0.3, 0.4) is 0 Å². The molecule has 3 rings (SSSR count). The predicted octanol–water partition coefficient (Wildman–Crippen LogP) is 0.754. The van der Waals surface area contributed by atoms with Crippen LogP contribution in [0.15, 0.2) is 16.3 Å². The maximum absolute atomic E-state index is 13.1. The minimum atomic E-state index is -3.55. The Morgan fingerprint density at radius 1 is 1.19 bits per heavy atom. The summed E-state index contributed by atoms with van der Waals surface area (Å²) in [7, 11) is -1.92. The molecule has 1 N–H and O–H groups in total. The van der Waals surface area contributed by atoms with Gasteiger partial charge < -0.3 is 15.0 Å². The largest absolute Gasteiger partial charge is 0.385 e. The van der Waals surface area contributed by atoms with E-state index in [0.717, 1.165) is 11.3 Å². The number of sulfonamides is 1. The first-order valence-electron chi connectivity index (χ1n) is 11.1. The molecule has 0 aromatic carbocycles. The molecule has 0 spiro atoms. The number of amides is 2. The summed E-state index contributed by atoms with van der Waals surface area (Å²) < 4.78 is 32.7. The Morgan fingerprint density at radius 2 is 1.94 bits per heavy atom. The standard InChI is InChI=1S/C21H34N4O5S2/c1-17-6-7-20(31-17)32(28,29)25-9-3-5-18(15-25)21(27)24-12-10-23(11-13-24)16-19(26)22-8-4-14-30-2/h6-7,18H,3-5,8-16H2,1-2H3,(H,22,26). The van der Waals surface area contributed by atoms with Crippen molar-refractivity contribution in [2.45, 2.75) is 30.4 Å². The van der Waals surface area contributed by atoms with Crippen LogP contribution < -0.4 is 5.32 Å². The summed E-state index contributed by atoms with van der Waals surface area (Å²) in [5.41, 5.74) is 0. The monoisotopic (exact) mass is 486 g/mol. The topological polar surface area (TPSA) is 99.3 Å². The van der Waals surface area contributed by atoms with Crippen molar-refractivity contribution in [1.29, 1.82) is 0 Å². The molecule has 0 bridgehead atoms. The lowest BCUT2D eigenvalue weighted by Gasteiger charge is -2.38. The van der Waals surface area contributed by atoms with Crippen molar-refractivity contribution >= 4 is 33.2 Å². The van der Waals surface area contributed by atoms with Crippen molar-refractivity contribution in [2.75, 3.05) is 66.1 Å². The highest BCUT2D eigenvalue weighted by atomic mass is 32.2. The van der Waals surface area contributed by atoms with E-state index in [2.05, 4.69) is 5.32 Å². The number of methoxy groups -OCH3 is 1. The third kappa shape index (κ3) is 6.50. The average Bonchev–Trinajstić information content (AvgIpc) is 3.24. The average molecular weight is 487 g/mol. The van der Waals surface area contributed by atoms with E-state index >= 15 is 0 Å². The molecule has 1 aromatic rings. The van der Waals surface area contributed by atoms with Crippen molar-refractivity contribution in [3.05, 3.63) is 17.0 Å². The summed E-state index contributed by atoms with van der Waals surface area (Å²) in [5, 5.41) is 2.88. The number of hydrogen-bond donors (Lipinski definition) is 1. The highest BCUT2D eigenvalue weighted by molar-refractivity contribution is 7.91. The smallest absolute Gasteiger partial charge is 0.252 e. The highest BCUT2D eigenvalue weighted by Crippen LogP contribution is 2.29. The second-order valence-electron chi connectivity index (χ2n) is 8.37. The normalized spacial score (nSPS) is 20.9. The maximum atomic E-state index is 13.1. The SMILES string of the molecule is COCCCNC(=O)CN1CCN(C(=O)C2CCCN(S(=O)(=O)c3ccc(C)s3)C2)CC1. The van der Waals surface area contributed by atoms with E-state index in [0.29, 0.717) is 69.5 Å². The second-order valence-corrected chi connectivity index (χ2v) is 11.8. The van der Waals surface area contributed by atoms with Crippen LogP contribution in [0.25, 0.3) is 0 Å². The summed E-state index contributed by atoms with van der Waals surface area (Å²) in [6, 6.07) is 3.46. The van der Waals surface area contributed by atoms with E-state index in [-0.39, 0.29) is 24.3 Å². The number of thiophene rings is 1. The Bertz CT molecular complexity index is 881. The lowest BCUT2D eigenvalue weighted by molar-refractivity contribution is -0.138. The minimum Gasteiger partial charge on any atom is -0.385 e. The zero-order valence-corrected chi connectivity index (χ0v) is 20.5. The fourth-order valence-electron chi connectivity index (χ4n) is 4.13. The molecule has 2 aliphatic rings. The van der Waals surface area contributed by atoms with Crippen LogP contribution in [-0.2, 0) is 24.3 Å². The van der Waals surface area contributed by atoms with Gasteiger partial charge in [-0.2, -0.15) is 4.31 Å². The van der Waals surface area contributed by atoms with E-state index < -0.39 is 10.0 Å². The fraction of sp³-hybridized carbons (Fsp3) is 0.714. The fourth-order valence-corrected chi connectivity index (χ4v) is 7.09. The third-order valence-corrected chi connectivity index (χ3v) is 9.28. The number of carbonyl (C=O) groups excluding carboxylic acids is 2. The molecule has 2 aliphatic heterocycles. The number of ether oxygens (including phenoxy) is 1. The summed E-state index contributed by atoms with van der Waals surface area (Å²) in [6.07, 6.45) is 2.17. The number of nitrogens with one attached hydrogen (secondary N) is 1. The number of nitrogens with zero attached hydrogens (tertiary/aromatic N) is 3. The molecule has 11 heteroatoms. The van der Waals surface area contributed by atoms with E-state index in [1.54, 1.807) is 13.2 Å². The third-order valence-electron chi connectivity index (χ3n) is 5.94. The molecule has 9 nitrogen and oxygen atoms in total. The van der Waals surface area contributed by atoms with Crippen LogP contribution >= 0.6 is 11.3 Å². The van der Waals surface area contributed by atoms with Gasteiger partial charge >= 0.3 is 0 Å². The Hall–Kier alpha value is -1.53. The Kier molecular flexibility index (Phi) is 9.06. The molecule has 0 saturated carbocycles. The molecular formula is C21H34N4O5S2. The zero-order chi connectivity index (χ0) is 23.1. The van der Waals surface area contributed by atoms with Crippen molar-refractivity contribution in [1.82, 2.24) is 19.4 Å². The molecular weight excluding hydrogens is 452 g/mol. The van der Waals surface area contributed by atoms with Gasteiger partial charge in [0.15, 0.2) is 0 Å². The van der Waals surface area contributed by atoms with Gasteiger partial charge in [0, 0.05) is 64.4 Å². The number of piperidine rings is 1. The molecule has 1 unspecified atom stereocenters. The second kappa shape index (κ2) is 11.6. The Labute approximate surface area is 194 Å². The lowest BCUT2D eigenvalue weighted by atomic mass is 9.98. The van der Waals surface area contributed by atoms with Crippen molar-refractivity contribution in [2.24, 2.45) is 5.92 Å². The molecule has 0 radical (unpaired) electrons. The van der Waals surface area contributed by atoms with E-state index in [4.69, 9.17) is 4.74 Å². The summed E-state index contributed by atoms with van der Waals surface area (Å²) >= 11 is 1.27. The molecule has 2 fully saturated rings. The molecule has 180 valence electrons. The quantitative estimate of drug-likeness (QED) is 0.518. The van der Waals surface area contributed by atoms with E-state index in [1.807, 2.05) is 22.8 Å². The van der Waals surface area contributed by atoms with Gasteiger partial charge in [-0.05, 0) is 38.3 Å². The lowest BCUT2D eigenvalue weighted by Crippen LogP contribution is -2.54. The Morgan fingerprint density at radius 3 is 2.59 bits per heavy atom. The molecule has 1 aromatic heterocycles. The van der Waals surface area contributed by atoms with Gasteiger partial charge in [-0.25, -0.2) is 8.42 Å². The van der Waals surface area contributed by atoms with Crippen molar-refractivity contribution < 1.29 is 22.7 Å². The number of carbonyl (C=O) groups is 2. The summed E-state index contributed by atoms with van der Waals surface area (Å²) in [5.74, 6) is -0.302. The molecule has 32 heavy (non-hydrogen) atoms. The van der Waals surface area contributed by atoms with Gasteiger partial charge in [-0.15, -0.1) is 11.3 Å². The van der Waals surface area contributed by atoms with Gasteiger partial charge in [0.05, 0.1) is 12.5 Å². The zero-order valence-electron chi connectivity index (χ0n) is 18.9. The van der Waals surface area contributed by atoms with Gasteiger partial charge in [0.2, 0.25) is 11.8 Å². The summed E-state index contributed by atoms with van der Waals surface area (Å²) in [4.78, 5) is 30.0. The predicted molar refractivity (Wildman–Crippen MR) is 123 cm³/mol. The molecule has 2 saturated heterocycles. The number of aryl methyl sites for hydroxylation is 1. The molecule has 1 atom stereocenters. The van der Waals surface area contributed by atoms with Crippen LogP contribution in [0.4, 0.5) is 0 Å². The highest BCUT2D eigenvalue weighted by Gasteiger charge is 2.36. The first-order chi connectivity index (χ1) is 15.3. The summed E-state index contributed by atoms with van der Waals surface area (Å²) in [6.45, 7) is 6.51. The first-order valence-corrected chi connectivity index (χ1v) is 13.4. The molecule has 0 aliphatic carbocycles. The van der Waals surface area contributed by atoms with Crippen molar-refractivity contribution in [3.8, 4) is 0 Å². The van der Waals surface area contributed by atoms with Gasteiger partial charge in [-0.3, -0.25) is 14.5 Å². The maximum Gasteiger partial charge on any atom is 0.252 e. The van der Waals surface area contributed by atoms with Crippen LogP contribution in [0.5, 0.6) is 0 Å². The Balaban J connectivity index is 1.47. The van der Waals surface area contributed by atoms with Crippen LogP contribution in [-0.4, -0.2) is 100 Å². The van der Waals surface area contributed by atoms with Gasteiger partial charge in [0.1, 0.15) is 4.21 Å². The molecule has 3 heterocycles. The van der Waals surface area contributed by atoms with Crippen LogP contribution in [0.2, 0.25) is 0 Å². The van der Waals surface area contributed by atoms with Gasteiger partial charge in [0.25, 0.3) is 10.0 Å². The minimum absolute atomic E-state index is 0.0159. The van der Waals surface area contributed by atoms with Crippen LogP contribution in [0, 0.1) is 12.8 Å². The number of rotatable bonds is 9. The van der Waals surface area contributed by atoms with E-state index in [1.165, 1.54) is 15.6 Å². The first kappa shape index (κ1) is 25.1. The van der Waals surface area contributed by atoms with Crippen molar-refractivity contribution in [3.63, 3.8) is 0 Å². The number of piperazine rings is 1. The van der Waals surface area contributed by atoms with E-state index in [9.17, 15) is 18.0 Å². The molecule has 2 amide bonds.